The molecule has 3 rings (SSSR count). The number of carbonyl (C=O) groups is 1. The number of aryl methyl sites for hydroxylation is 2. The number of rotatable bonds is 3. The number of hydrogen-bond donors (Lipinski definition) is 2. The SMILES string of the molecule is Cc1nn(C)c(C)c1-c1cc(C(=O)N2CCCC(C(C)O)C2)[nH]n1. The Kier molecular flexibility index (Phi) is 4.45. The summed E-state index contributed by atoms with van der Waals surface area (Å²) in [4.78, 5) is 14.5. The third-order valence-corrected chi connectivity index (χ3v) is 5.00. The molecular weight excluding hydrogens is 306 g/mol. The van der Waals surface area contributed by atoms with Gasteiger partial charge in [-0.05, 0) is 39.7 Å². The Morgan fingerprint density at radius 1 is 1.46 bits per heavy atom. The van der Waals surface area contributed by atoms with Gasteiger partial charge in [0, 0.05) is 37.3 Å². The van der Waals surface area contributed by atoms with E-state index in [9.17, 15) is 9.90 Å². The summed E-state index contributed by atoms with van der Waals surface area (Å²) in [6.07, 6.45) is 1.49. The predicted molar refractivity (Wildman–Crippen MR) is 90.6 cm³/mol. The number of aromatic nitrogens is 4. The van der Waals surface area contributed by atoms with Crippen LogP contribution in [0, 0.1) is 19.8 Å². The molecule has 0 radical (unpaired) electrons. The normalized spacial score (nSPS) is 19.5. The number of aromatic amines is 1. The third-order valence-electron chi connectivity index (χ3n) is 5.00. The van der Waals surface area contributed by atoms with Crippen molar-refractivity contribution in [3.63, 3.8) is 0 Å². The Morgan fingerprint density at radius 3 is 2.83 bits per heavy atom. The van der Waals surface area contributed by atoms with E-state index in [1.54, 1.807) is 17.9 Å². The van der Waals surface area contributed by atoms with Crippen LogP contribution in [0.15, 0.2) is 6.07 Å². The second-order valence-electron chi connectivity index (χ2n) is 6.73. The number of hydrogen-bond acceptors (Lipinski definition) is 4. The van der Waals surface area contributed by atoms with Crippen molar-refractivity contribution in [1.29, 1.82) is 0 Å². The molecule has 3 heterocycles. The Bertz CT molecular complexity index is 746. The lowest BCUT2D eigenvalue weighted by molar-refractivity contribution is 0.0461. The molecule has 130 valence electrons. The summed E-state index contributed by atoms with van der Waals surface area (Å²) in [5.41, 5.74) is 4.11. The maximum absolute atomic E-state index is 12.7. The number of likely N-dealkylation sites (tertiary alicyclic amines) is 1. The van der Waals surface area contributed by atoms with Gasteiger partial charge in [0.15, 0.2) is 0 Å². The summed E-state index contributed by atoms with van der Waals surface area (Å²) in [7, 11) is 1.90. The van der Waals surface area contributed by atoms with Crippen molar-refractivity contribution in [1.82, 2.24) is 24.9 Å². The molecule has 1 aliphatic rings. The monoisotopic (exact) mass is 331 g/mol. The Balaban J connectivity index is 1.81. The summed E-state index contributed by atoms with van der Waals surface area (Å²) in [6, 6.07) is 1.80. The molecule has 2 aromatic rings. The van der Waals surface area contributed by atoms with Crippen LogP contribution in [0.3, 0.4) is 0 Å². The van der Waals surface area contributed by atoms with E-state index in [0.717, 1.165) is 42.0 Å². The molecule has 0 saturated carbocycles. The van der Waals surface area contributed by atoms with Gasteiger partial charge < -0.3 is 10.0 Å². The standard InChI is InChI=1S/C17H25N5O2/c1-10-16(11(2)21(4)20-10)14-8-15(19-18-14)17(24)22-7-5-6-13(9-22)12(3)23/h8,12-13,23H,5-7,9H2,1-4H3,(H,18,19). The lowest BCUT2D eigenvalue weighted by Crippen LogP contribution is -2.43. The molecule has 24 heavy (non-hydrogen) atoms. The van der Waals surface area contributed by atoms with Crippen LogP contribution in [-0.4, -0.2) is 55.1 Å². The molecule has 7 nitrogen and oxygen atoms in total. The molecule has 0 bridgehead atoms. The van der Waals surface area contributed by atoms with Crippen molar-refractivity contribution in [2.45, 2.75) is 39.7 Å². The van der Waals surface area contributed by atoms with Crippen LogP contribution in [-0.2, 0) is 7.05 Å². The van der Waals surface area contributed by atoms with Crippen molar-refractivity contribution in [3.05, 3.63) is 23.1 Å². The van der Waals surface area contributed by atoms with E-state index in [2.05, 4.69) is 15.3 Å². The zero-order valence-corrected chi connectivity index (χ0v) is 14.7. The molecule has 1 saturated heterocycles. The summed E-state index contributed by atoms with van der Waals surface area (Å²) in [6.45, 7) is 7.04. The first-order chi connectivity index (χ1) is 11.4. The van der Waals surface area contributed by atoms with E-state index < -0.39 is 6.10 Å². The minimum Gasteiger partial charge on any atom is -0.393 e. The van der Waals surface area contributed by atoms with Gasteiger partial charge in [0.1, 0.15) is 5.69 Å². The Hall–Kier alpha value is -2.15. The maximum Gasteiger partial charge on any atom is 0.271 e. The molecule has 2 aromatic heterocycles. The number of nitrogens with one attached hydrogen (secondary N) is 1. The molecule has 2 N–H and O–H groups in total. The van der Waals surface area contributed by atoms with Crippen molar-refractivity contribution >= 4 is 5.91 Å². The Labute approximate surface area is 141 Å². The summed E-state index contributed by atoms with van der Waals surface area (Å²) in [5, 5.41) is 21.4. The quantitative estimate of drug-likeness (QED) is 0.895. The maximum atomic E-state index is 12.7. The number of aliphatic hydroxyl groups is 1. The minimum absolute atomic E-state index is 0.0571. The molecule has 1 fully saturated rings. The number of amides is 1. The van der Waals surface area contributed by atoms with Crippen LogP contribution >= 0.6 is 0 Å². The number of piperidine rings is 1. The van der Waals surface area contributed by atoms with Crippen molar-refractivity contribution in [3.8, 4) is 11.3 Å². The average Bonchev–Trinajstić information content (AvgIpc) is 3.12. The van der Waals surface area contributed by atoms with E-state index in [-0.39, 0.29) is 11.8 Å². The second kappa shape index (κ2) is 6.39. The van der Waals surface area contributed by atoms with Crippen LogP contribution in [0.25, 0.3) is 11.3 Å². The number of H-pyrrole nitrogens is 1. The molecule has 1 aliphatic heterocycles. The second-order valence-corrected chi connectivity index (χ2v) is 6.73. The highest BCUT2D eigenvalue weighted by Crippen LogP contribution is 2.26. The molecule has 2 atom stereocenters. The van der Waals surface area contributed by atoms with Crippen molar-refractivity contribution in [2.75, 3.05) is 13.1 Å². The van der Waals surface area contributed by atoms with Gasteiger partial charge in [-0.1, -0.05) is 0 Å². The van der Waals surface area contributed by atoms with Crippen molar-refractivity contribution in [2.24, 2.45) is 13.0 Å². The van der Waals surface area contributed by atoms with Gasteiger partial charge in [-0.2, -0.15) is 10.2 Å². The van der Waals surface area contributed by atoms with Crippen LogP contribution in [0.2, 0.25) is 0 Å². The molecule has 2 unspecified atom stereocenters. The molecular formula is C17H25N5O2. The smallest absolute Gasteiger partial charge is 0.271 e. The van der Waals surface area contributed by atoms with Crippen LogP contribution in [0.1, 0.15) is 41.6 Å². The fraction of sp³-hybridized carbons (Fsp3) is 0.588. The predicted octanol–water partition coefficient (Wildman–Crippen LogP) is 1.66. The number of aliphatic hydroxyl groups excluding tert-OH is 1. The van der Waals surface area contributed by atoms with Gasteiger partial charge >= 0.3 is 0 Å². The highest BCUT2D eigenvalue weighted by molar-refractivity contribution is 5.93. The average molecular weight is 331 g/mol. The topological polar surface area (TPSA) is 87.0 Å². The van der Waals surface area contributed by atoms with Gasteiger partial charge in [0.2, 0.25) is 0 Å². The summed E-state index contributed by atoms with van der Waals surface area (Å²) < 4.78 is 1.82. The fourth-order valence-corrected chi connectivity index (χ4v) is 3.46. The van der Waals surface area contributed by atoms with E-state index in [0.29, 0.717) is 12.2 Å². The molecule has 1 amide bonds. The van der Waals surface area contributed by atoms with E-state index in [1.165, 1.54) is 0 Å². The zero-order chi connectivity index (χ0) is 17.4. The first-order valence-corrected chi connectivity index (χ1v) is 8.41. The third kappa shape index (κ3) is 2.96. The van der Waals surface area contributed by atoms with Crippen molar-refractivity contribution < 1.29 is 9.90 Å². The van der Waals surface area contributed by atoms with Gasteiger partial charge in [-0.15, -0.1) is 0 Å². The van der Waals surface area contributed by atoms with Gasteiger partial charge in [-0.25, -0.2) is 0 Å². The minimum atomic E-state index is -0.390. The number of nitrogens with zero attached hydrogens (tertiary/aromatic N) is 4. The van der Waals surface area contributed by atoms with E-state index >= 15 is 0 Å². The lowest BCUT2D eigenvalue weighted by Gasteiger charge is -2.33. The van der Waals surface area contributed by atoms with Crippen LogP contribution in [0.4, 0.5) is 0 Å². The molecule has 0 aliphatic carbocycles. The fourth-order valence-electron chi connectivity index (χ4n) is 3.46. The molecule has 7 heteroatoms. The molecule has 0 spiro atoms. The summed E-state index contributed by atoms with van der Waals surface area (Å²) in [5.74, 6) is 0.0891. The zero-order valence-electron chi connectivity index (χ0n) is 14.7. The van der Waals surface area contributed by atoms with Crippen LogP contribution < -0.4 is 0 Å². The van der Waals surface area contributed by atoms with E-state index in [4.69, 9.17) is 0 Å². The highest BCUT2D eigenvalue weighted by Gasteiger charge is 2.28. The largest absolute Gasteiger partial charge is 0.393 e. The van der Waals surface area contributed by atoms with E-state index in [1.807, 2.05) is 25.6 Å². The Morgan fingerprint density at radius 2 is 2.21 bits per heavy atom. The van der Waals surface area contributed by atoms with Gasteiger partial charge in [-0.3, -0.25) is 14.6 Å². The van der Waals surface area contributed by atoms with Crippen LogP contribution in [0.5, 0.6) is 0 Å². The first kappa shape index (κ1) is 16.7. The highest BCUT2D eigenvalue weighted by atomic mass is 16.3. The first-order valence-electron chi connectivity index (χ1n) is 8.41. The lowest BCUT2D eigenvalue weighted by atomic mass is 9.93. The van der Waals surface area contributed by atoms with Gasteiger partial charge in [0.05, 0.1) is 17.5 Å². The number of carbonyl (C=O) groups excluding carboxylic acids is 1. The van der Waals surface area contributed by atoms with Gasteiger partial charge in [0.25, 0.3) is 5.91 Å². The summed E-state index contributed by atoms with van der Waals surface area (Å²) >= 11 is 0. The molecule has 0 aromatic carbocycles.